The Balaban J connectivity index is 1.58. The smallest absolute Gasteiger partial charge is 0.0954 e. The van der Waals surface area contributed by atoms with Crippen molar-refractivity contribution in [1.82, 2.24) is 4.98 Å². The second kappa shape index (κ2) is 6.37. The first-order chi connectivity index (χ1) is 10.2. The summed E-state index contributed by atoms with van der Waals surface area (Å²) in [6.45, 7) is 2.11. The first-order valence-electron chi connectivity index (χ1n) is 7.36. The number of aromatic nitrogens is 1. The van der Waals surface area contributed by atoms with Crippen molar-refractivity contribution in [2.45, 2.75) is 32.2 Å². The van der Waals surface area contributed by atoms with Gasteiger partial charge in [0.1, 0.15) is 0 Å². The molecule has 2 N–H and O–H groups in total. The average molecular weight is 296 g/mol. The number of nitrogens with zero attached hydrogens (tertiary/aromatic N) is 1. The van der Waals surface area contributed by atoms with Crippen molar-refractivity contribution in [3.05, 3.63) is 64.7 Å². The SMILES string of the molecule is Cc1ccc(CCC(N)Cc2nc3ccccc3s2)cc1. The van der Waals surface area contributed by atoms with Gasteiger partial charge in [0, 0.05) is 12.5 Å². The summed E-state index contributed by atoms with van der Waals surface area (Å²) >= 11 is 1.76. The van der Waals surface area contributed by atoms with Gasteiger partial charge in [0.2, 0.25) is 0 Å². The summed E-state index contributed by atoms with van der Waals surface area (Å²) in [4.78, 5) is 4.66. The fourth-order valence-corrected chi connectivity index (χ4v) is 3.50. The number of thiazole rings is 1. The van der Waals surface area contributed by atoms with Crippen molar-refractivity contribution >= 4 is 21.6 Å². The summed E-state index contributed by atoms with van der Waals surface area (Å²) < 4.78 is 1.25. The lowest BCUT2D eigenvalue weighted by Crippen LogP contribution is -2.23. The van der Waals surface area contributed by atoms with E-state index in [0.29, 0.717) is 0 Å². The Morgan fingerprint density at radius 1 is 1.10 bits per heavy atom. The second-order valence-corrected chi connectivity index (χ2v) is 6.68. The Morgan fingerprint density at radius 3 is 2.62 bits per heavy atom. The fourth-order valence-electron chi connectivity index (χ4n) is 2.44. The first-order valence-corrected chi connectivity index (χ1v) is 8.18. The highest BCUT2D eigenvalue weighted by Crippen LogP contribution is 2.22. The molecule has 0 aliphatic rings. The molecule has 0 saturated carbocycles. The van der Waals surface area contributed by atoms with E-state index in [1.165, 1.54) is 15.8 Å². The third kappa shape index (κ3) is 3.69. The third-order valence-electron chi connectivity index (χ3n) is 3.70. The van der Waals surface area contributed by atoms with Crippen LogP contribution >= 0.6 is 11.3 Å². The van der Waals surface area contributed by atoms with Gasteiger partial charge in [-0.3, -0.25) is 0 Å². The van der Waals surface area contributed by atoms with Gasteiger partial charge in [-0.15, -0.1) is 11.3 Å². The molecule has 1 aromatic heterocycles. The molecule has 2 aromatic carbocycles. The molecule has 3 rings (SSSR count). The second-order valence-electron chi connectivity index (χ2n) is 5.56. The number of fused-ring (bicyclic) bond motifs is 1. The molecule has 3 heteroatoms. The Morgan fingerprint density at radius 2 is 1.86 bits per heavy atom. The molecule has 0 radical (unpaired) electrons. The quantitative estimate of drug-likeness (QED) is 0.769. The van der Waals surface area contributed by atoms with Crippen molar-refractivity contribution in [3.63, 3.8) is 0 Å². The molecule has 2 nitrogen and oxygen atoms in total. The lowest BCUT2D eigenvalue weighted by atomic mass is 10.0. The standard InChI is InChI=1S/C18H20N2S/c1-13-6-8-14(9-7-13)10-11-15(19)12-18-20-16-4-2-3-5-17(16)21-18/h2-9,15H,10-12,19H2,1H3. The Bertz CT molecular complexity index is 682. The van der Waals surface area contributed by atoms with Gasteiger partial charge in [0.05, 0.1) is 15.2 Å². The minimum atomic E-state index is 0.173. The highest BCUT2D eigenvalue weighted by molar-refractivity contribution is 7.18. The zero-order chi connectivity index (χ0) is 14.7. The highest BCUT2D eigenvalue weighted by Gasteiger charge is 2.09. The maximum Gasteiger partial charge on any atom is 0.0954 e. The maximum absolute atomic E-state index is 6.27. The molecule has 1 atom stereocenters. The molecular weight excluding hydrogens is 276 g/mol. The molecule has 1 heterocycles. The summed E-state index contributed by atoms with van der Waals surface area (Å²) in [6.07, 6.45) is 2.90. The van der Waals surface area contributed by atoms with Crippen LogP contribution in [0.3, 0.4) is 0 Å². The molecule has 0 amide bonds. The molecular formula is C18H20N2S. The van der Waals surface area contributed by atoms with Crippen LogP contribution in [0.25, 0.3) is 10.2 Å². The normalized spacial score (nSPS) is 12.7. The fraction of sp³-hybridized carbons (Fsp3) is 0.278. The third-order valence-corrected chi connectivity index (χ3v) is 4.76. The van der Waals surface area contributed by atoms with Crippen molar-refractivity contribution in [3.8, 4) is 0 Å². The molecule has 0 spiro atoms. The lowest BCUT2D eigenvalue weighted by molar-refractivity contribution is 0.609. The van der Waals surface area contributed by atoms with Gasteiger partial charge in [0.15, 0.2) is 0 Å². The van der Waals surface area contributed by atoms with E-state index >= 15 is 0 Å². The van der Waals surface area contributed by atoms with E-state index in [4.69, 9.17) is 5.73 Å². The van der Waals surface area contributed by atoms with Crippen molar-refractivity contribution in [2.24, 2.45) is 5.73 Å². The van der Waals surface area contributed by atoms with Gasteiger partial charge < -0.3 is 5.73 Å². The van der Waals surface area contributed by atoms with E-state index in [1.54, 1.807) is 11.3 Å². The molecule has 0 aliphatic carbocycles. The molecule has 0 saturated heterocycles. The monoisotopic (exact) mass is 296 g/mol. The number of hydrogen-bond acceptors (Lipinski definition) is 3. The maximum atomic E-state index is 6.27. The van der Waals surface area contributed by atoms with E-state index < -0.39 is 0 Å². The van der Waals surface area contributed by atoms with E-state index in [1.807, 2.05) is 6.07 Å². The summed E-state index contributed by atoms with van der Waals surface area (Å²) in [5, 5.41) is 1.15. The zero-order valence-electron chi connectivity index (χ0n) is 12.3. The first kappa shape index (κ1) is 14.2. The zero-order valence-corrected chi connectivity index (χ0v) is 13.1. The topological polar surface area (TPSA) is 38.9 Å². The number of aryl methyl sites for hydroxylation is 2. The number of hydrogen-bond donors (Lipinski definition) is 1. The van der Waals surface area contributed by atoms with E-state index in [2.05, 4.69) is 54.4 Å². The van der Waals surface area contributed by atoms with Gasteiger partial charge >= 0.3 is 0 Å². The minimum Gasteiger partial charge on any atom is -0.327 e. The summed E-state index contributed by atoms with van der Waals surface area (Å²) in [5.74, 6) is 0. The number of benzene rings is 2. The lowest BCUT2D eigenvalue weighted by Gasteiger charge is -2.09. The predicted octanol–water partition coefficient (Wildman–Crippen LogP) is 4.11. The van der Waals surface area contributed by atoms with Crippen LogP contribution in [0.2, 0.25) is 0 Å². The van der Waals surface area contributed by atoms with Crippen molar-refractivity contribution in [2.75, 3.05) is 0 Å². The number of rotatable bonds is 5. The van der Waals surface area contributed by atoms with Crippen LogP contribution in [0.1, 0.15) is 22.6 Å². The average Bonchev–Trinajstić information content (AvgIpc) is 2.88. The van der Waals surface area contributed by atoms with Crippen LogP contribution in [-0.2, 0) is 12.8 Å². The van der Waals surface area contributed by atoms with E-state index in [0.717, 1.165) is 29.8 Å². The van der Waals surface area contributed by atoms with E-state index in [-0.39, 0.29) is 6.04 Å². The number of nitrogens with two attached hydrogens (primary N) is 1. The van der Waals surface area contributed by atoms with Gasteiger partial charge in [-0.1, -0.05) is 42.0 Å². The van der Waals surface area contributed by atoms with Crippen molar-refractivity contribution < 1.29 is 0 Å². The molecule has 0 fully saturated rings. The predicted molar refractivity (Wildman–Crippen MR) is 90.8 cm³/mol. The van der Waals surface area contributed by atoms with Gasteiger partial charge in [-0.2, -0.15) is 0 Å². The van der Waals surface area contributed by atoms with Crippen LogP contribution in [0.4, 0.5) is 0 Å². The molecule has 0 bridgehead atoms. The Kier molecular flexibility index (Phi) is 4.32. The van der Waals surface area contributed by atoms with Crippen LogP contribution < -0.4 is 5.73 Å². The molecule has 1 unspecified atom stereocenters. The molecule has 108 valence electrons. The molecule has 21 heavy (non-hydrogen) atoms. The van der Waals surface area contributed by atoms with Gasteiger partial charge in [0.25, 0.3) is 0 Å². The molecule has 0 aliphatic heterocycles. The highest BCUT2D eigenvalue weighted by atomic mass is 32.1. The van der Waals surface area contributed by atoms with Crippen LogP contribution in [0.5, 0.6) is 0 Å². The summed E-state index contributed by atoms with van der Waals surface area (Å²) in [5.41, 5.74) is 10.0. The Labute approximate surface area is 129 Å². The summed E-state index contributed by atoms with van der Waals surface area (Å²) in [6, 6.07) is 17.2. The van der Waals surface area contributed by atoms with Gasteiger partial charge in [-0.05, 0) is 37.5 Å². The van der Waals surface area contributed by atoms with Crippen LogP contribution in [0.15, 0.2) is 48.5 Å². The van der Waals surface area contributed by atoms with Crippen LogP contribution in [-0.4, -0.2) is 11.0 Å². The largest absolute Gasteiger partial charge is 0.327 e. The van der Waals surface area contributed by atoms with Crippen LogP contribution in [0, 0.1) is 6.92 Å². The Hall–Kier alpha value is -1.71. The number of para-hydroxylation sites is 1. The van der Waals surface area contributed by atoms with E-state index in [9.17, 15) is 0 Å². The summed E-state index contributed by atoms with van der Waals surface area (Å²) in [7, 11) is 0. The molecule has 3 aromatic rings. The van der Waals surface area contributed by atoms with Gasteiger partial charge in [-0.25, -0.2) is 4.98 Å². The minimum absolute atomic E-state index is 0.173. The van der Waals surface area contributed by atoms with Crippen molar-refractivity contribution in [1.29, 1.82) is 0 Å².